The van der Waals surface area contributed by atoms with Gasteiger partial charge in [0, 0.05) is 4.88 Å². The summed E-state index contributed by atoms with van der Waals surface area (Å²) in [6.07, 6.45) is -1.62. The molecule has 84 valence electrons. The highest BCUT2D eigenvalue weighted by Gasteiger charge is 2.24. The molecule has 0 aromatic carbocycles. The van der Waals surface area contributed by atoms with Gasteiger partial charge in [0.05, 0.1) is 7.11 Å². The lowest BCUT2D eigenvalue weighted by Crippen LogP contribution is -2.28. The summed E-state index contributed by atoms with van der Waals surface area (Å²) < 4.78 is 29.1. The van der Waals surface area contributed by atoms with Crippen LogP contribution in [-0.4, -0.2) is 26.7 Å². The van der Waals surface area contributed by atoms with Gasteiger partial charge >= 0.3 is 6.09 Å². The lowest BCUT2D eigenvalue weighted by Gasteiger charge is -2.03. The number of hydrogen-bond acceptors (Lipinski definition) is 5. The van der Waals surface area contributed by atoms with E-state index in [4.69, 9.17) is 9.84 Å². The summed E-state index contributed by atoms with van der Waals surface area (Å²) in [5.41, 5.74) is 0. The largest absolute Gasteiger partial charge is 0.494 e. The number of nitrogens with one attached hydrogen (secondary N) is 1. The molecule has 0 radical (unpaired) electrons. The third-order valence-electron chi connectivity index (χ3n) is 1.47. The predicted molar refractivity (Wildman–Crippen MR) is 54.0 cm³/mol. The van der Waals surface area contributed by atoms with Crippen molar-refractivity contribution >= 4 is 27.5 Å². The van der Waals surface area contributed by atoms with Crippen LogP contribution < -0.4 is 9.46 Å². The standard InChI is InChI=1S/C7H9NO5S2/c1-4-3-5(13-2)6(14-4)15(11,12)8-7(9)10/h3,8H,1-2H3,(H,9,10). The zero-order chi connectivity index (χ0) is 11.6. The number of carboxylic acid groups (broad SMARTS) is 1. The van der Waals surface area contributed by atoms with E-state index in [-0.39, 0.29) is 9.96 Å². The van der Waals surface area contributed by atoms with Crippen molar-refractivity contribution in [1.29, 1.82) is 0 Å². The van der Waals surface area contributed by atoms with E-state index < -0.39 is 16.1 Å². The molecule has 0 fully saturated rings. The average Bonchev–Trinajstić information content (AvgIpc) is 2.45. The Labute approximate surface area is 90.5 Å². The van der Waals surface area contributed by atoms with Crippen LogP contribution in [0.25, 0.3) is 0 Å². The minimum Gasteiger partial charge on any atom is -0.494 e. The first kappa shape index (κ1) is 11.8. The molecule has 0 aliphatic carbocycles. The van der Waals surface area contributed by atoms with E-state index in [1.807, 2.05) is 0 Å². The summed E-state index contributed by atoms with van der Waals surface area (Å²) in [6.45, 7) is 1.70. The van der Waals surface area contributed by atoms with Crippen molar-refractivity contribution in [2.75, 3.05) is 7.11 Å². The first-order chi connectivity index (χ1) is 6.86. The average molecular weight is 251 g/mol. The van der Waals surface area contributed by atoms with Crippen LogP contribution in [0.1, 0.15) is 4.88 Å². The van der Waals surface area contributed by atoms with Crippen LogP contribution in [0.5, 0.6) is 5.75 Å². The van der Waals surface area contributed by atoms with Crippen LogP contribution in [0, 0.1) is 6.92 Å². The molecule has 1 rings (SSSR count). The Hall–Kier alpha value is -1.28. The van der Waals surface area contributed by atoms with Gasteiger partial charge in [-0.15, -0.1) is 11.3 Å². The zero-order valence-electron chi connectivity index (χ0n) is 7.97. The molecule has 0 spiro atoms. The minimum atomic E-state index is -4.04. The second kappa shape index (κ2) is 4.07. The molecule has 0 aliphatic rings. The molecule has 0 atom stereocenters. The van der Waals surface area contributed by atoms with E-state index in [0.717, 1.165) is 16.2 Å². The predicted octanol–water partition coefficient (Wildman–Crippen LogP) is 1.02. The summed E-state index contributed by atoms with van der Waals surface area (Å²) in [6, 6.07) is 1.53. The second-order valence-electron chi connectivity index (χ2n) is 2.62. The van der Waals surface area contributed by atoms with Gasteiger partial charge in [0.2, 0.25) is 0 Å². The number of rotatable bonds is 3. The number of sulfonamides is 1. The van der Waals surface area contributed by atoms with Crippen LogP contribution in [-0.2, 0) is 10.0 Å². The van der Waals surface area contributed by atoms with E-state index in [1.165, 1.54) is 17.9 Å². The third kappa shape index (κ3) is 2.60. The Morgan fingerprint density at radius 1 is 1.60 bits per heavy atom. The van der Waals surface area contributed by atoms with Crippen LogP contribution in [0.4, 0.5) is 4.79 Å². The summed E-state index contributed by atoms with van der Waals surface area (Å²) in [7, 11) is -2.72. The Morgan fingerprint density at radius 2 is 2.20 bits per heavy atom. The number of aryl methyl sites for hydroxylation is 1. The van der Waals surface area contributed by atoms with Crippen molar-refractivity contribution in [2.45, 2.75) is 11.1 Å². The maximum absolute atomic E-state index is 11.5. The molecule has 1 aromatic heterocycles. The fraction of sp³-hybridized carbons (Fsp3) is 0.286. The van der Waals surface area contributed by atoms with Gasteiger partial charge in [-0.1, -0.05) is 0 Å². The molecule has 0 unspecified atom stereocenters. The third-order valence-corrected chi connectivity index (χ3v) is 4.34. The number of thiophene rings is 1. The topological polar surface area (TPSA) is 92.7 Å². The van der Waals surface area contributed by atoms with Crippen molar-refractivity contribution in [1.82, 2.24) is 4.72 Å². The van der Waals surface area contributed by atoms with E-state index in [1.54, 1.807) is 6.92 Å². The Bertz CT molecular complexity index is 476. The number of hydrogen-bond donors (Lipinski definition) is 2. The normalized spacial score (nSPS) is 11.1. The summed E-state index contributed by atoms with van der Waals surface area (Å²) in [5, 5.41) is 8.35. The Kier molecular flexibility index (Phi) is 3.20. The van der Waals surface area contributed by atoms with Crippen LogP contribution >= 0.6 is 11.3 Å². The van der Waals surface area contributed by atoms with E-state index in [2.05, 4.69) is 0 Å². The number of amides is 1. The van der Waals surface area contributed by atoms with Crippen molar-refractivity contribution in [2.24, 2.45) is 0 Å². The van der Waals surface area contributed by atoms with Gasteiger partial charge < -0.3 is 9.84 Å². The Morgan fingerprint density at radius 3 is 2.67 bits per heavy atom. The number of carbonyl (C=O) groups is 1. The maximum atomic E-state index is 11.5. The van der Waals surface area contributed by atoms with E-state index in [0.29, 0.717) is 0 Å². The summed E-state index contributed by atoms with van der Waals surface area (Å²) >= 11 is 0.949. The highest BCUT2D eigenvalue weighted by atomic mass is 32.2. The first-order valence-corrected chi connectivity index (χ1v) is 6.07. The molecule has 1 amide bonds. The molecule has 1 aromatic rings. The van der Waals surface area contributed by atoms with Crippen LogP contribution in [0.2, 0.25) is 0 Å². The fourth-order valence-electron chi connectivity index (χ4n) is 0.960. The molecule has 0 bridgehead atoms. The quantitative estimate of drug-likeness (QED) is 0.836. The van der Waals surface area contributed by atoms with E-state index in [9.17, 15) is 13.2 Å². The SMILES string of the molecule is COc1cc(C)sc1S(=O)(=O)NC(=O)O. The highest BCUT2D eigenvalue weighted by Crippen LogP contribution is 2.32. The van der Waals surface area contributed by atoms with E-state index >= 15 is 0 Å². The van der Waals surface area contributed by atoms with Gasteiger partial charge in [-0.25, -0.2) is 17.9 Å². The van der Waals surface area contributed by atoms with Gasteiger partial charge in [0.25, 0.3) is 10.0 Å². The molecule has 2 N–H and O–H groups in total. The summed E-state index contributed by atoms with van der Waals surface area (Å²) in [4.78, 5) is 11.0. The van der Waals surface area contributed by atoms with Gasteiger partial charge in [-0.05, 0) is 13.0 Å². The lowest BCUT2D eigenvalue weighted by atomic mass is 10.5. The van der Waals surface area contributed by atoms with Crippen LogP contribution in [0.3, 0.4) is 0 Å². The molecule has 15 heavy (non-hydrogen) atoms. The van der Waals surface area contributed by atoms with Crippen molar-refractivity contribution in [3.05, 3.63) is 10.9 Å². The molecular weight excluding hydrogens is 242 g/mol. The zero-order valence-corrected chi connectivity index (χ0v) is 9.61. The van der Waals surface area contributed by atoms with Gasteiger partial charge in [-0.2, -0.15) is 0 Å². The Balaban J connectivity index is 3.20. The number of methoxy groups -OCH3 is 1. The maximum Gasteiger partial charge on any atom is 0.418 e. The molecule has 8 heteroatoms. The minimum absolute atomic E-state index is 0.134. The van der Waals surface area contributed by atoms with Gasteiger partial charge in [0.1, 0.15) is 0 Å². The molecule has 0 aliphatic heterocycles. The monoisotopic (exact) mass is 251 g/mol. The molecule has 1 heterocycles. The molecule has 0 saturated heterocycles. The number of ether oxygens (including phenoxy) is 1. The second-order valence-corrected chi connectivity index (χ2v) is 5.76. The van der Waals surface area contributed by atoms with Crippen molar-refractivity contribution < 1.29 is 23.1 Å². The van der Waals surface area contributed by atoms with Gasteiger partial charge in [-0.3, -0.25) is 0 Å². The molecule has 0 saturated carbocycles. The highest BCUT2D eigenvalue weighted by molar-refractivity contribution is 7.92. The molecule has 6 nitrogen and oxygen atoms in total. The van der Waals surface area contributed by atoms with Crippen LogP contribution in [0.15, 0.2) is 10.3 Å². The fourth-order valence-corrected chi connectivity index (χ4v) is 3.35. The van der Waals surface area contributed by atoms with Crippen molar-refractivity contribution in [3.8, 4) is 5.75 Å². The molecular formula is C7H9NO5S2. The first-order valence-electron chi connectivity index (χ1n) is 3.77. The summed E-state index contributed by atoms with van der Waals surface area (Å²) in [5.74, 6) is 0.145. The smallest absolute Gasteiger partial charge is 0.418 e. The van der Waals surface area contributed by atoms with Gasteiger partial charge in [0.15, 0.2) is 9.96 Å². The van der Waals surface area contributed by atoms with Crippen molar-refractivity contribution in [3.63, 3.8) is 0 Å². The lowest BCUT2D eigenvalue weighted by molar-refractivity contribution is 0.201.